The summed E-state index contributed by atoms with van der Waals surface area (Å²) in [4.78, 5) is 5.14. The van der Waals surface area contributed by atoms with E-state index in [0.29, 0.717) is 0 Å². The SMILES string of the molecule is C1=CC\C2=c3/cccc/c3=c3\cccc\c3=c3\c(ccc4c3=Nc3ccccc3-4)C2=C1. The highest BCUT2D eigenvalue weighted by Gasteiger charge is 2.20. The van der Waals surface area contributed by atoms with Gasteiger partial charge in [0.25, 0.3) is 0 Å². The maximum Gasteiger partial charge on any atom is 0.0801 e. The fourth-order valence-corrected chi connectivity index (χ4v) is 5.33. The van der Waals surface area contributed by atoms with E-state index in [9.17, 15) is 0 Å². The monoisotopic (exact) mass is 393 g/mol. The molecule has 0 fully saturated rings. The molecule has 0 saturated carbocycles. The molecule has 0 N–H and O–H groups in total. The summed E-state index contributed by atoms with van der Waals surface area (Å²) in [6.07, 6.45) is 7.67. The Morgan fingerprint density at radius 2 is 1.26 bits per heavy atom. The first-order valence-corrected chi connectivity index (χ1v) is 10.8. The number of nitrogens with zero attached hydrogens (tertiary/aromatic N) is 1. The molecule has 0 radical (unpaired) electrons. The van der Waals surface area contributed by atoms with Crippen LogP contribution >= 0.6 is 0 Å². The molecule has 0 aromatic heterocycles. The minimum Gasteiger partial charge on any atom is -0.247 e. The number of allylic oxidation sites excluding steroid dienone is 4. The summed E-state index contributed by atoms with van der Waals surface area (Å²) in [5.41, 5.74) is 7.50. The topological polar surface area (TPSA) is 12.4 Å². The van der Waals surface area contributed by atoms with Crippen molar-refractivity contribution in [1.82, 2.24) is 0 Å². The van der Waals surface area contributed by atoms with Gasteiger partial charge in [-0.25, -0.2) is 4.99 Å². The van der Waals surface area contributed by atoms with Crippen molar-refractivity contribution in [2.24, 2.45) is 4.99 Å². The molecule has 2 aliphatic carbocycles. The first-order chi connectivity index (χ1) is 15.4. The van der Waals surface area contributed by atoms with Gasteiger partial charge in [0.2, 0.25) is 0 Å². The van der Waals surface area contributed by atoms with Crippen molar-refractivity contribution < 1.29 is 0 Å². The van der Waals surface area contributed by atoms with E-state index in [1.807, 2.05) is 0 Å². The van der Waals surface area contributed by atoms with Gasteiger partial charge in [-0.15, -0.1) is 0 Å². The van der Waals surface area contributed by atoms with E-state index in [1.165, 1.54) is 53.9 Å². The summed E-state index contributed by atoms with van der Waals surface area (Å²) in [5, 5.41) is 7.51. The predicted molar refractivity (Wildman–Crippen MR) is 126 cm³/mol. The molecule has 3 aliphatic rings. The maximum absolute atomic E-state index is 5.14. The van der Waals surface area contributed by atoms with Crippen LogP contribution in [-0.2, 0) is 0 Å². The van der Waals surface area contributed by atoms with Gasteiger partial charge in [0, 0.05) is 16.3 Å². The Morgan fingerprint density at radius 3 is 2.13 bits per heavy atom. The maximum atomic E-state index is 5.14. The molecule has 31 heavy (non-hydrogen) atoms. The lowest BCUT2D eigenvalue weighted by atomic mass is 9.86. The minimum absolute atomic E-state index is 0.943. The van der Waals surface area contributed by atoms with Gasteiger partial charge in [-0.1, -0.05) is 97.1 Å². The van der Waals surface area contributed by atoms with E-state index < -0.39 is 0 Å². The average molecular weight is 393 g/mol. The van der Waals surface area contributed by atoms with Crippen LogP contribution in [0.2, 0.25) is 0 Å². The average Bonchev–Trinajstić information content (AvgIpc) is 3.21. The van der Waals surface area contributed by atoms with Crippen molar-refractivity contribution in [3.8, 4) is 11.1 Å². The van der Waals surface area contributed by atoms with Crippen molar-refractivity contribution in [1.29, 1.82) is 0 Å². The van der Waals surface area contributed by atoms with Gasteiger partial charge >= 0.3 is 0 Å². The Labute approximate surface area is 179 Å². The molecule has 0 spiro atoms. The van der Waals surface area contributed by atoms with Crippen LogP contribution in [0.4, 0.5) is 5.69 Å². The number of hydrogen-bond acceptors (Lipinski definition) is 1. The summed E-state index contributed by atoms with van der Waals surface area (Å²) in [5.74, 6) is 0. The second-order valence-corrected chi connectivity index (χ2v) is 8.30. The highest BCUT2D eigenvalue weighted by atomic mass is 14.8. The molecule has 1 nitrogen and oxygen atoms in total. The second kappa shape index (κ2) is 6.26. The summed E-state index contributed by atoms with van der Waals surface area (Å²) in [6.45, 7) is 0. The molecule has 144 valence electrons. The molecular weight excluding hydrogens is 374 g/mol. The Kier molecular flexibility index (Phi) is 3.39. The highest BCUT2D eigenvalue weighted by molar-refractivity contribution is 6.00. The van der Waals surface area contributed by atoms with Crippen LogP contribution in [0, 0.1) is 20.9 Å². The van der Waals surface area contributed by atoms with E-state index in [4.69, 9.17) is 4.99 Å². The molecule has 7 rings (SSSR count). The Morgan fingerprint density at radius 1 is 0.581 bits per heavy atom. The number of fused-ring (bicyclic) bond motifs is 9. The van der Waals surface area contributed by atoms with Crippen LogP contribution in [0.1, 0.15) is 12.0 Å². The molecule has 4 aromatic carbocycles. The lowest BCUT2D eigenvalue weighted by Gasteiger charge is -2.18. The number of benzene rings is 4. The molecule has 0 bridgehead atoms. The summed E-state index contributed by atoms with van der Waals surface area (Å²) in [6, 6.07) is 30.7. The third-order valence-corrected chi connectivity index (χ3v) is 6.68. The second-order valence-electron chi connectivity index (χ2n) is 8.30. The molecule has 0 saturated heterocycles. The number of para-hydroxylation sites is 1. The number of hydrogen-bond donors (Lipinski definition) is 0. The van der Waals surface area contributed by atoms with Crippen LogP contribution in [0.25, 0.3) is 22.3 Å². The van der Waals surface area contributed by atoms with Crippen molar-refractivity contribution in [3.63, 3.8) is 0 Å². The summed E-state index contributed by atoms with van der Waals surface area (Å²) >= 11 is 0. The van der Waals surface area contributed by atoms with E-state index in [1.54, 1.807) is 0 Å². The largest absolute Gasteiger partial charge is 0.247 e. The third-order valence-electron chi connectivity index (χ3n) is 6.68. The van der Waals surface area contributed by atoms with Crippen molar-refractivity contribution in [2.45, 2.75) is 6.42 Å². The van der Waals surface area contributed by atoms with Gasteiger partial charge in [0.05, 0.1) is 11.0 Å². The Balaban J connectivity index is 1.88. The van der Waals surface area contributed by atoms with Gasteiger partial charge in [-0.3, -0.25) is 0 Å². The van der Waals surface area contributed by atoms with Crippen LogP contribution in [-0.4, -0.2) is 0 Å². The third kappa shape index (κ3) is 2.29. The summed E-state index contributed by atoms with van der Waals surface area (Å²) in [7, 11) is 0. The van der Waals surface area contributed by atoms with E-state index >= 15 is 0 Å². The first-order valence-electron chi connectivity index (χ1n) is 10.8. The molecule has 1 heterocycles. The normalized spacial score (nSPS) is 18.6. The van der Waals surface area contributed by atoms with Gasteiger partial charge < -0.3 is 0 Å². The molecule has 0 atom stereocenters. The zero-order valence-electron chi connectivity index (χ0n) is 17.0. The van der Waals surface area contributed by atoms with Crippen molar-refractivity contribution in [2.75, 3.05) is 0 Å². The Hall–Kier alpha value is -3.97. The lowest BCUT2D eigenvalue weighted by molar-refractivity contribution is 1.26. The van der Waals surface area contributed by atoms with Gasteiger partial charge in [0.1, 0.15) is 0 Å². The lowest BCUT2D eigenvalue weighted by Crippen LogP contribution is -2.16. The van der Waals surface area contributed by atoms with Gasteiger partial charge in [-0.05, 0) is 50.1 Å². The van der Waals surface area contributed by atoms with Crippen molar-refractivity contribution >= 4 is 16.8 Å². The molecule has 4 aromatic rings. The first kappa shape index (κ1) is 16.8. The molecule has 1 heteroatoms. The van der Waals surface area contributed by atoms with Gasteiger partial charge in [-0.2, -0.15) is 0 Å². The molecule has 1 aliphatic heterocycles. The summed E-state index contributed by atoms with van der Waals surface area (Å²) < 4.78 is 0. The fraction of sp³-hybridized carbons (Fsp3) is 0.0333. The van der Waals surface area contributed by atoms with Gasteiger partial charge in [0.15, 0.2) is 0 Å². The zero-order chi connectivity index (χ0) is 20.4. The van der Waals surface area contributed by atoms with E-state index in [0.717, 1.165) is 17.5 Å². The van der Waals surface area contributed by atoms with E-state index in [-0.39, 0.29) is 0 Å². The quantitative estimate of drug-likeness (QED) is 0.320. The fourth-order valence-electron chi connectivity index (χ4n) is 5.33. The highest BCUT2D eigenvalue weighted by Crippen LogP contribution is 2.36. The predicted octanol–water partition coefficient (Wildman–Crippen LogP) is 5.70. The number of rotatable bonds is 0. The van der Waals surface area contributed by atoms with Crippen LogP contribution in [0.5, 0.6) is 0 Å². The zero-order valence-corrected chi connectivity index (χ0v) is 17.0. The standard InChI is InChI=1S/C30H19N/c1-2-10-20-19(9-1)21-11-3-4-13-23(21)26-17-18-27-24-14-7-8-16-28(24)31-30(27)29(26)25-15-6-5-12-22(20)25/h1-10,12-18H,11H2/b21-19-,22-20-,29-25+. The van der Waals surface area contributed by atoms with Crippen LogP contribution < -0.4 is 10.6 Å². The van der Waals surface area contributed by atoms with Crippen LogP contribution in [0.15, 0.2) is 108 Å². The molecular formula is C30H19N. The smallest absolute Gasteiger partial charge is 0.0801 e. The van der Waals surface area contributed by atoms with E-state index in [2.05, 4.69) is 103 Å². The molecule has 0 unspecified atom stereocenters. The Bertz CT molecular complexity index is 1800. The van der Waals surface area contributed by atoms with Crippen LogP contribution in [0.3, 0.4) is 0 Å². The minimum atomic E-state index is 0.943. The molecule has 0 amide bonds. The van der Waals surface area contributed by atoms with Crippen molar-refractivity contribution in [3.05, 3.63) is 140 Å².